The minimum absolute atomic E-state index is 0. The van der Waals surface area contributed by atoms with Crippen molar-refractivity contribution in [3.05, 3.63) is 63.7 Å². The minimum Gasteiger partial charge on any atom is -0.507 e. The Balaban J connectivity index is 0.00000363. The van der Waals surface area contributed by atoms with E-state index in [1.165, 1.54) is 0 Å². The third-order valence-electron chi connectivity index (χ3n) is 5.70. The number of benzene rings is 2. The Morgan fingerprint density at radius 2 is 1.53 bits per heavy atom. The van der Waals surface area contributed by atoms with Gasteiger partial charge in [-0.3, -0.25) is 15.0 Å². The number of fused-ring (bicyclic) bond motifs is 1. The Kier molecular flexibility index (Phi) is 6.95. The predicted molar refractivity (Wildman–Crippen MR) is 132 cm³/mol. The van der Waals surface area contributed by atoms with Gasteiger partial charge >= 0.3 is 0 Å². The van der Waals surface area contributed by atoms with E-state index in [-0.39, 0.29) is 51.7 Å². The topological polar surface area (TPSA) is 107 Å². The molecule has 6 nitrogen and oxygen atoms in total. The van der Waals surface area contributed by atoms with Crippen molar-refractivity contribution in [2.24, 2.45) is 5.73 Å². The van der Waals surface area contributed by atoms with Gasteiger partial charge < -0.3 is 15.7 Å². The Morgan fingerprint density at radius 3 is 2.00 bits per heavy atom. The maximum absolute atomic E-state index is 13.2. The lowest BCUT2D eigenvalue weighted by atomic mass is 9.78. The van der Waals surface area contributed by atoms with E-state index in [9.17, 15) is 14.7 Å². The summed E-state index contributed by atoms with van der Waals surface area (Å²) in [6, 6.07) is 8.53. The average molecular weight is 502 g/mol. The van der Waals surface area contributed by atoms with Gasteiger partial charge in [-0.15, -0.1) is 17.0 Å². The normalized spacial score (nSPS) is 13.6. The van der Waals surface area contributed by atoms with Crippen molar-refractivity contribution < 1.29 is 14.7 Å². The predicted octanol–water partition coefficient (Wildman–Crippen LogP) is 4.69. The van der Waals surface area contributed by atoms with Crippen LogP contribution in [-0.2, 0) is 17.4 Å². The van der Waals surface area contributed by atoms with Crippen molar-refractivity contribution in [2.75, 3.05) is 6.54 Å². The zero-order valence-corrected chi connectivity index (χ0v) is 21.2. The molecule has 1 aliphatic heterocycles. The third-order valence-corrected chi connectivity index (χ3v) is 5.70. The summed E-state index contributed by atoms with van der Waals surface area (Å²) < 4.78 is 0. The van der Waals surface area contributed by atoms with Gasteiger partial charge in [-0.05, 0) is 40.7 Å². The van der Waals surface area contributed by atoms with Crippen molar-refractivity contribution in [1.82, 2.24) is 4.90 Å². The van der Waals surface area contributed by atoms with Gasteiger partial charge in [0.1, 0.15) is 11.6 Å². The second-order valence-corrected chi connectivity index (χ2v) is 10.3. The molecule has 0 fully saturated rings. The van der Waals surface area contributed by atoms with Crippen LogP contribution in [-0.4, -0.2) is 34.1 Å². The maximum atomic E-state index is 13.2. The fourth-order valence-electron chi connectivity index (χ4n) is 3.90. The number of halogens is 1. The monoisotopic (exact) mass is 501 g/mol. The fraction of sp³-hybridized carbons (Fsp3) is 0.400. The molecule has 0 saturated carbocycles. The maximum Gasteiger partial charge on any atom is 0.248 e. The number of carbonyl (C=O) groups is 2. The number of hydrogen-bond acceptors (Lipinski definition) is 4. The molecule has 1 heterocycles. The first-order chi connectivity index (χ1) is 14.2. The molecule has 1 amide bonds. The second-order valence-electron chi connectivity index (χ2n) is 10.3. The first-order valence-electron chi connectivity index (χ1n) is 10.4. The van der Waals surface area contributed by atoms with Crippen molar-refractivity contribution >= 4 is 34.5 Å². The molecule has 32 heavy (non-hydrogen) atoms. The number of phenolic OH excluding ortho intramolecular Hbond substituents is 1. The number of rotatable bonds is 4. The molecule has 0 radical (unpaired) electrons. The molecule has 172 valence electrons. The minimum atomic E-state index is -0.516. The molecular formula is C25H32BrN3O3. The lowest BCUT2D eigenvalue weighted by Crippen LogP contribution is -2.30. The van der Waals surface area contributed by atoms with Crippen LogP contribution in [0.4, 0.5) is 0 Å². The van der Waals surface area contributed by atoms with E-state index in [1.807, 2.05) is 41.5 Å². The highest BCUT2D eigenvalue weighted by atomic mass is 79.9. The Hall–Kier alpha value is -2.67. The number of nitrogens with zero attached hydrogens (tertiary/aromatic N) is 1. The van der Waals surface area contributed by atoms with Crippen LogP contribution in [0.15, 0.2) is 30.3 Å². The number of hydrogen-bond donors (Lipinski definition) is 3. The molecule has 0 unspecified atom stereocenters. The van der Waals surface area contributed by atoms with Gasteiger partial charge in [0.15, 0.2) is 5.78 Å². The van der Waals surface area contributed by atoms with Crippen LogP contribution >= 0.6 is 17.0 Å². The second kappa shape index (κ2) is 8.70. The summed E-state index contributed by atoms with van der Waals surface area (Å²) in [6.45, 7) is 12.4. The van der Waals surface area contributed by atoms with Crippen LogP contribution in [0.5, 0.6) is 5.75 Å². The van der Waals surface area contributed by atoms with Gasteiger partial charge in [-0.25, -0.2) is 0 Å². The van der Waals surface area contributed by atoms with Crippen LogP contribution < -0.4 is 5.73 Å². The number of amidine groups is 1. The Morgan fingerprint density at radius 1 is 1.00 bits per heavy atom. The van der Waals surface area contributed by atoms with Crippen molar-refractivity contribution in [3.8, 4) is 5.75 Å². The zero-order valence-electron chi connectivity index (χ0n) is 19.5. The van der Waals surface area contributed by atoms with Gasteiger partial charge in [0.2, 0.25) is 5.91 Å². The van der Waals surface area contributed by atoms with E-state index >= 15 is 0 Å². The molecule has 1 aliphatic rings. The van der Waals surface area contributed by atoms with Crippen molar-refractivity contribution in [2.45, 2.75) is 58.9 Å². The first-order valence-corrected chi connectivity index (χ1v) is 10.4. The summed E-state index contributed by atoms with van der Waals surface area (Å²) in [6.07, 6.45) is 0. The summed E-state index contributed by atoms with van der Waals surface area (Å²) in [5.74, 6) is -0.150. The molecular weight excluding hydrogens is 470 g/mol. The highest BCUT2D eigenvalue weighted by Gasteiger charge is 2.30. The number of phenols is 1. The third kappa shape index (κ3) is 4.88. The smallest absolute Gasteiger partial charge is 0.248 e. The lowest BCUT2D eigenvalue weighted by Gasteiger charge is -2.28. The molecule has 0 aliphatic carbocycles. The standard InChI is InChI=1S/C25H31N3O3.BrH/c1-24(2,3)18-10-15(11-19(21(18)30)25(4,5)6)20(29)13-28-12-16-9-14(23(27)31)7-8-17(16)22(28)26;/h7-11,26,30H,12-13H2,1-6H3,(H2,27,31);1H. The Labute approximate surface area is 200 Å². The number of amides is 1. The van der Waals surface area contributed by atoms with E-state index in [0.717, 1.165) is 16.7 Å². The summed E-state index contributed by atoms with van der Waals surface area (Å²) in [7, 11) is 0. The molecule has 7 heteroatoms. The van der Waals surface area contributed by atoms with Crippen LogP contribution in [0.3, 0.4) is 0 Å². The Bertz CT molecular complexity index is 1060. The number of primary amides is 1. The summed E-state index contributed by atoms with van der Waals surface area (Å²) >= 11 is 0. The highest BCUT2D eigenvalue weighted by molar-refractivity contribution is 8.93. The van der Waals surface area contributed by atoms with Crippen molar-refractivity contribution in [3.63, 3.8) is 0 Å². The van der Waals surface area contributed by atoms with E-state index in [1.54, 1.807) is 35.2 Å². The summed E-state index contributed by atoms with van der Waals surface area (Å²) in [5.41, 5.74) is 8.59. The average Bonchev–Trinajstić information content (AvgIpc) is 2.94. The van der Waals surface area contributed by atoms with Crippen molar-refractivity contribution in [1.29, 1.82) is 5.41 Å². The number of aromatic hydroxyl groups is 1. The molecule has 0 aromatic heterocycles. The molecule has 3 rings (SSSR count). The van der Waals surface area contributed by atoms with Gasteiger partial charge in [-0.1, -0.05) is 47.6 Å². The molecule has 2 aromatic rings. The van der Waals surface area contributed by atoms with Gasteiger partial charge in [-0.2, -0.15) is 0 Å². The molecule has 0 saturated heterocycles. The quantitative estimate of drug-likeness (QED) is 0.528. The molecule has 0 spiro atoms. The summed E-state index contributed by atoms with van der Waals surface area (Å²) in [5, 5.41) is 19.3. The number of nitrogens with one attached hydrogen (secondary N) is 1. The van der Waals surface area contributed by atoms with E-state index in [2.05, 4.69) is 0 Å². The number of nitrogens with two attached hydrogens (primary N) is 1. The molecule has 4 N–H and O–H groups in total. The van der Waals surface area contributed by atoms with Crippen LogP contribution in [0.1, 0.15) is 84.5 Å². The van der Waals surface area contributed by atoms with Crippen LogP contribution in [0.25, 0.3) is 0 Å². The first kappa shape index (κ1) is 25.6. The molecule has 0 bridgehead atoms. The van der Waals surface area contributed by atoms with Crippen LogP contribution in [0, 0.1) is 5.41 Å². The zero-order chi connectivity index (χ0) is 23.3. The van der Waals surface area contributed by atoms with E-state index in [0.29, 0.717) is 23.2 Å². The molecule has 0 atom stereocenters. The highest BCUT2D eigenvalue weighted by Crippen LogP contribution is 2.40. The van der Waals surface area contributed by atoms with Gasteiger partial charge in [0, 0.05) is 34.4 Å². The number of Topliss-reactive ketones (excluding diaryl/α,β-unsaturated/α-hetero) is 1. The van der Waals surface area contributed by atoms with Gasteiger partial charge in [0.25, 0.3) is 0 Å². The van der Waals surface area contributed by atoms with Crippen LogP contribution in [0.2, 0.25) is 0 Å². The largest absolute Gasteiger partial charge is 0.507 e. The fourth-order valence-corrected chi connectivity index (χ4v) is 3.90. The number of ketones is 1. The summed E-state index contributed by atoms with van der Waals surface area (Å²) in [4.78, 5) is 26.4. The molecule has 2 aromatic carbocycles. The van der Waals surface area contributed by atoms with E-state index in [4.69, 9.17) is 11.1 Å². The van der Waals surface area contributed by atoms with Gasteiger partial charge in [0.05, 0.1) is 6.54 Å². The number of carbonyl (C=O) groups excluding carboxylic acids is 2. The lowest BCUT2D eigenvalue weighted by molar-refractivity contribution is 0.0960. The van der Waals surface area contributed by atoms with E-state index < -0.39 is 5.91 Å². The SMILES string of the molecule is Br.CC(C)(C)c1cc(C(=O)CN2Cc3cc(C(N)=O)ccc3C2=N)cc(C(C)(C)C)c1O.